The first kappa shape index (κ1) is 19.7. The number of rotatable bonds is 6. The van der Waals surface area contributed by atoms with Crippen molar-refractivity contribution in [2.75, 3.05) is 30.4 Å². The van der Waals surface area contributed by atoms with Crippen molar-refractivity contribution >= 4 is 23.2 Å². The molecule has 0 aromatic heterocycles. The van der Waals surface area contributed by atoms with E-state index in [2.05, 4.69) is 28.9 Å². The number of anilines is 2. The maximum absolute atomic E-state index is 12.8. The molecule has 3 rings (SSSR count). The molecule has 0 saturated carbocycles. The highest BCUT2D eigenvalue weighted by Crippen LogP contribution is 2.28. The second-order valence-electron chi connectivity index (χ2n) is 7.15. The van der Waals surface area contributed by atoms with Gasteiger partial charge in [0.05, 0.1) is 11.4 Å². The third-order valence-corrected chi connectivity index (χ3v) is 5.19. The molecule has 5 heteroatoms. The molecule has 1 aliphatic heterocycles. The summed E-state index contributed by atoms with van der Waals surface area (Å²) in [5.41, 5.74) is 3.01. The molecule has 1 aliphatic rings. The zero-order valence-electron chi connectivity index (χ0n) is 16.3. The molecule has 0 atom stereocenters. The third-order valence-electron chi connectivity index (χ3n) is 5.19. The Kier molecular flexibility index (Phi) is 6.48. The zero-order valence-corrected chi connectivity index (χ0v) is 16.3. The second kappa shape index (κ2) is 9.22. The molecule has 2 aromatic rings. The number of nitrogens with one attached hydrogen (secondary N) is 1. The quantitative estimate of drug-likeness (QED) is 0.781. The number of likely N-dealkylation sites (tertiary alicyclic amines) is 1. The Morgan fingerprint density at radius 3 is 2.43 bits per heavy atom. The van der Waals surface area contributed by atoms with Gasteiger partial charge in [0, 0.05) is 32.6 Å². The predicted molar refractivity (Wildman–Crippen MR) is 113 cm³/mol. The van der Waals surface area contributed by atoms with Crippen molar-refractivity contribution in [3.8, 4) is 0 Å². The minimum Gasteiger partial charge on any atom is -0.369 e. The number of amides is 2. The molecule has 0 bridgehead atoms. The standard InChI is InChI=1S/C23H27N3O2/c1-3-22(27)26-15-13-19(14-16-26)23(28)24-20-11-7-8-12-21(20)25(2)17-18-9-5-4-6-10-18/h3-12,19H,1,13-17H2,2H3,(H,24,28). The third kappa shape index (κ3) is 4.80. The van der Waals surface area contributed by atoms with E-state index >= 15 is 0 Å². The van der Waals surface area contributed by atoms with Crippen molar-refractivity contribution < 1.29 is 9.59 Å². The van der Waals surface area contributed by atoms with Crippen molar-refractivity contribution in [2.24, 2.45) is 5.92 Å². The van der Waals surface area contributed by atoms with Crippen LogP contribution in [0.2, 0.25) is 0 Å². The normalized spacial score (nSPS) is 14.4. The van der Waals surface area contributed by atoms with Crippen LogP contribution in [-0.4, -0.2) is 36.9 Å². The summed E-state index contributed by atoms with van der Waals surface area (Å²) < 4.78 is 0. The maximum Gasteiger partial charge on any atom is 0.245 e. The van der Waals surface area contributed by atoms with E-state index in [9.17, 15) is 9.59 Å². The first-order valence-electron chi connectivity index (χ1n) is 9.65. The summed E-state index contributed by atoms with van der Waals surface area (Å²) in [6.45, 7) is 5.48. The van der Waals surface area contributed by atoms with Crippen molar-refractivity contribution in [2.45, 2.75) is 19.4 Å². The van der Waals surface area contributed by atoms with Crippen molar-refractivity contribution in [3.63, 3.8) is 0 Å². The van der Waals surface area contributed by atoms with Crippen LogP contribution < -0.4 is 10.2 Å². The Bertz CT molecular complexity index is 827. The van der Waals surface area contributed by atoms with Crippen LogP contribution in [-0.2, 0) is 16.1 Å². The first-order chi connectivity index (χ1) is 13.6. The summed E-state index contributed by atoms with van der Waals surface area (Å²) in [6, 6.07) is 18.1. The van der Waals surface area contributed by atoms with Crippen molar-refractivity contribution in [1.82, 2.24) is 4.90 Å². The minimum absolute atomic E-state index is 0.0197. The number of piperidine rings is 1. The van der Waals surface area contributed by atoms with Gasteiger partial charge in [-0.1, -0.05) is 49.0 Å². The van der Waals surface area contributed by atoms with E-state index in [1.807, 2.05) is 49.5 Å². The molecule has 0 aliphatic carbocycles. The Balaban J connectivity index is 1.64. The molecule has 0 radical (unpaired) electrons. The van der Waals surface area contributed by atoms with Gasteiger partial charge in [-0.2, -0.15) is 0 Å². The Morgan fingerprint density at radius 2 is 1.75 bits per heavy atom. The molecule has 1 heterocycles. The summed E-state index contributed by atoms with van der Waals surface area (Å²) in [4.78, 5) is 28.4. The molecule has 2 amide bonds. The van der Waals surface area contributed by atoms with Crippen LogP contribution in [0.15, 0.2) is 67.3 Å². The summed E-state index contributed by atoms with van der Waals surface area (Å²) >= 11 is 0. The van der Waals surface area contributed by atoms with Crippen LogP contribution in [0.4, 0.5) is 11.4 Å². The Labute approximate surface area is 166 Å². The molecule has 28 heavy (non-hydrogen) atoms. The SMILES string of the molecule is C=CC(=O)N1CCC(C(=O)Nc2ccccc2N(C)Cc2ccccc2)CC1. The van der Waals surface area contributed by atoms with E-state index in [-0.39, 0.29) is 17.7 Å². The first-order valence-corrected chi connectivity index (χ1v) is 9.65. The van der Waals surface area contributed by atoms with Gasteiger partial charge >= 0.3 is 0 Å². The minimum atomic E-state index is -0.0821. The second-order valence-corrected chi connectivity index (χ2v) is 7.15. The zero-order chi connectivity index (χ0) is 19.9. The van der Waals surface area contributed by atoms with Crippen molar-refractivity contribution in [3.05, 3.63) is 72.8 Å². The summed E-state index contributed by atoms with van der Waals surface area (Å²) in [5.74, 6) is -0.126. The van der Waals surface area contributed by atoms with Crippen LogP contribution >= 0.6 is 0 Å². The van der Waals surface area contributed by atoms with Crippen LogP contribution in [0.3, 0.4) is 0 Å². The molecule has 5 nitrogen and oxygen atoms in total. The lowest BCUT2D eigenvalue weighted by atomic mass is 9.95. The number of hydrogen-bond donors (Lipinski definition) is 1. The number of benzene rings is 2. The van der Waals surface area contributed by atoms with Gasteiger partial charge in [0.2, 0.25) is 11.8 Å². The lowest BCUT2D eigenvalue weighted by Crippen LogP contribution is -2.40. The number of hydrogen-bond acceptors (Lipinski definition) is 3. The highest BCUT2D eigenvalue weighted by atomic mass is 16.2. The van der Waals surface area contributed by atoms with E-state index in [0.29, 0.717) is 25.9 Å². The van der Waals surface area contributed by atoms with E-state index < -0.39 is 0 Å². The van der Waals surface area contributed by atoms with Gasteiger partial charge in [-0.3, -0.25) is 9.59 Å². The van der Waals surface area contributed by atoms with E-state index in [0.717, 1.165) is 17.9 Å². The topological polar surface area (TPSA) is 52.7 Å². The van der Waals surface area contributed by atoms with Crippen molar-refractivity contribution in [1.29, 1.82) is 0 Å². The average Bonchev–Trinajstić information content (AvgIpc) is 2.74. The van der Waals surface area contributed by atoms with Crippen LogP contribution in [0, 0.1) is 5.92 Å². The van der Waals surface area contributed by atoms with E-state index in [1.54, 1.807) is 4.90 Å². The molecular weight excluding hydrogens is 350 g/mol. The molecule has 0 unspecified atom stereocenters. The molecule has 1 saturated heterocycles. The van der Waals surface area contributed by atoms with E-state index in [4.69, 9.17) is 0 Å². The summed E-state index contributed by atoms with van der Waals surface area (Å²) in [7, 11) is 2.03. The fraction of sp³-hybridized carbons (Fsp3) is 0.304. The smallest absolute Gasteiger partial charge is 0.245 e. The van der Waals surface area contributed by atoms with Gasteiger partial charge in [-0.05, 0) is 36.6 Å². The number of para-hydroxylation sites is 2. The fourth-order valence-electron chi connectivity index (χ4n) is 3.58. The monoisotopic (exact) mass is 377 g/mol. The van der Waals surface area contributed by atoms with Gasteiger partial charge < -0.3 is 15.1 Å². The summed E-state index contributed by atoms with van der Waals surface area (Å²) in [5, 5.41) is 3.10. The van der Waals surface area contributed by atoms with Gasteiger partial charge in [-0.15, -0.1) is 0 Å². The van der Waals surface area contributed by atoms with E-state index in [1.165, 1.54) is 11.6 Å². The molecule has 1 fully saturated rings. The molecule has 1 N–H and O–H groups in total. The summed E-state index contributed by atoms with van der Waals surface area (Å²) in [6.07, 6.45) is 2.68. The largest absolute Gasteiger partial charge is 0.369 e. The maximum atomic E-state index is 12.8. The van der Waals surface area contributed by atoms with Crippen LogP contribution in [0.25, 0.3) is 0 Å². The number of carbonyl (C=O) groups excluding carboxylic acids is 2. The van der Waals surface area contributed by atoms with Gasteiger partial charge in [-0.25, -0.2) is 0 Å². The lowest BCUT2D eigenvalue weighted by Gasteiger charge is -2.31. The van der Waals surface area contributed by atoms with Gasteiger partial charge in [0.25, 0.3) is 0 Å². The number of carbonyl (C=O) groups is 2. The highest BCUT2D eigenvalue weighted by Gasteiger charge is 2.27. The molecule has 146 valence electrons. The Morgan fingerprint density at radius 1 is 1.11 bits per heavy atom. The van der Waals surface area contributed by atoms with Crippen LogP contribution in [0.1, 0.15) is 18.4 Å². The van der Waals surface area contributed by atoms with Gasteiger partial charge in [0.1, 0.15) is 0 Å². The van der Waals surface area contributed by atoms with Crippen LogP contribution in [0.5, 0.6) is 0 Å². The highest BCUT2D eigenvalue weighted by molar-refractivity contribution is 5.96. The van der Waals surface area contributed by atoms with Gasteiger partial charge in [0.15, 0.2) is 0 Å². The Hall–Kier alpha value is -3.08. The fourth-order valence-corrected chi connectivity index (χ4v) is 3.58. The molecular formula is C23H27N3O2. The lowest BCUT2D eigenvalue weighted by molar-refractivity contribution is -0.130. The molecule has 0 spiro atoms. The average molecular weight is 377 g/mol. The number of nitrogens with zero attached hydrogens (tertiary/aromatic N) is 2. The molecule has 2 aromatic carbocycles. The predicted octanol–water partition coefficient (Wildman–Crippen LogP) is 3.69.